The van der Waals surface area contributed by atoms with Crippen molar-refractivity contribution in [2.45, 2.75) is 86.8 Å². The molecule has 2 fully saturated rings. The first kappa shape index (κ1) is 34.0. The molecule has 1 aromatic carbocycles. The van der Waals surface area contributed by atoms with Gasteiger partial charge in [0.2, 0.25) is 0 Å². The van der Waals surface area contributed by atoms with Crippen LogP contribution in [0.2, 0.25) is 0 Å². The van der Waals surface area contributed by atoms with Gasteiger partial charge in [-0.3, -0.25) is 9.59 Å². The van der Waals surface area contributed by atoms with Crippen molar-refractivity contribution >= 4 is 18.0 Å². The average Bonchev–Trinajstić information content (AvgIpc) is 2.93. The molecule has 0 radical (unpaired) electrons. The summed E-state index contributed by atoms with van der Waals surface area (Å²) in [4.78, 5) is 23.3. The predicted molar refractivity (Wildman–Crippen MR) is 139 cm³/mol. The van der Waals surface area contributed by atoms with E-state index in [0.29, 0.717) is 0 Å². The predicted octanol–water partition coefficient (Wildman–Crippen LogP) is -2.49. The maximum atomic E-state index is 12.4. The summed E-state index contributed by atoms with van der Waals surface area (Å²) in [5.74, 6) is -2.35. The van der Waals surface area contributed by atoms with Crippen molar-refractivity contribution in [1.29, 1.82) is 0 Å². The highest BCUT2D eigenvalue weighted by Gasteiger charge is 2.51. The highest BCUT2D eigenvalue weighted by atomic mass is 16.7. The molecule has 0 bridgehead atoms. The van der Waals surface area contributed by atoms with E-state index >= 15 is 0 Å². The van der Waals surface area contributed by atoms with Crippen LogP contribution in [-0.4, -0.2) is 140 Å². The molecule has 15 heteroatoms. The number of aliphatic hydroxyl groups excluding tert-OH is 6. The van der Waals surface area contributed by atoms with Crippen LogP contribution in [0, 0.1) is 0 Å². The molecule has 42 heavy (non-hydrogen) atoms. The van der Waals surface area contributed by atoms with Crippen molar-refractivity contribution < 1.29 is 74.1 Å². The van der Waals surface area contributed by atoms with E-state index in [4.69, 9.17) is 28.8 Å². The normalized spacial score (nSPS) is 35.0. The van der Waals surface area contributed by atoms with Crippen molar-refractivity contribution in [3.63, 3.8) is 0 Å². The monoisotopic (exact) mass is 602 g/mol. The highest BCUT2D eigenvalue weighted by Crippen LogP contribution is 2.30. The van der Waals surface area contributed by atoms with E-state index < -0.39 is 105 Å². The number of benzene rings is 1. The summed E-state index contributed by atoms with van der Waals surface area (Å²) < 4.78 is 27.4. The Morgan fingerprint density at radius 2 is 1.55 bits per heavy atom. The van der Waals surface area contributed by atoms with Crippen molar-refractivity contribution in [3.8, 4) is 0 Å². The third-order valence-corrected chi connectivity index (χ3v) is 6.71. The summed E-state index contributed by atoms with van der Waals surface area (Å²) in [5, 5.41) is 80.7. The molecule has 2 saturated heterocycles. The Labute approximate surface area is 241 Å². The third-order valence-electron chi connectivity index (χ3n) is 6.71. The molecular formula is C27H38O15. The molecule has 0 aromatic heterocycles. The molecule has 2 aliphatic heterocycles. The fourth-order valence-electron chi connectivity index (χ4n) is 4.50. The van der Waals surface area contributed by atoms with E-state index in [-0.39, 0.29) is 6.61 Å². The summed E-state index contributed by atoms with van der Waals surface area (Å²) in [5.41, 5.74) is -1.04. The summed E-state index contributed by atoms with van der Waals surface area (Å²) >= 11 is 0. The van der Waals surface area contributed by atoms with Gasteiger partial charge in [0, 0.05) is 0 Å². The van der Waals surface area contributed by atoms with Gasteiger partial charge in [-0.15, -0.1) is 0 Å². The minimum atomic E-state index is -1.92. The van der Waals surface area contributed by atoms with Gasteiger partial charge >= 0.3 is 11.9 Å². The molecule has 1 aromatic rings. The Balaban J connectivity index is 1.72. The summed E-state index contributed by atoms with van der Waals surface area (Å²) in [6.45, 7) is -0.321. The number of aliphatic carboxylic acids is 1. The van der Waals surface area contributed by atoms with Crippen LogP contribution in [0.1, 0.15) is 25.3 Å². The molecule has 0 spiro atoms. The van der Waals surface area contributed by atoms with Crippen LogP contribution in [0.5, 0.6) is 0 Å². The lowest BCUT2D eigenvalue weighted by molar-refractivity contribution is -0.358. The number of ether oxygens (including phenoxy) is 5. The first-order valence-electron chi connectivity index (χ1n) is 13.2. The van der Waals surface area contributed by atoms with Crippen molar-refractivity contribution in [2.75, 3.05) is 19.8 Å². The minimum absolute atomic E-state index is 0.0634. The third kappa shape index (κ3) is 9.23. The van der Waals surface area contributed by atoms with E-state index in [1.54, 1.807) is 12.2 Å². The number of carboxylic acid groups (broad SMARTS) is 1. The number of carboxylic acids is 1. The Hall–Kier alpha value is -2.54. The van der Waals surface area contributed by atoms with Gasteiger partial charge < -0.3 is 64.5 Å². The Bertz CT molecular complexity index is 1030. The fourth-order valence-corrected chi connectivity index (χ4v) is 4.50. The second-order valence-electron chi connectivity index (χ2n) is 10.4. The number of hydrogen-bond donors (Lipinski definition) is 8. The van der Waals surface area contributed by atoms with Crippen LogP contribution in [0.25, 0.3) is 6.08 Å². The molecule has 0 aliphatic carbocycles. The van der Waals surface area contributed by atoms with Gasteiger partial charge in [-0.05, 0) is 12.5 Å². The summed E-state index contributed by atoms with van der Waals surface area (Å²) in [6, 6.07) is 9.24. The van der Waals surface area contributed by atoms with Gasteiger partial charge in [0.1, 0.15) is 55.4 Å². The van der Waals surface area contributed by atoms with Crippen LogP contribution in [0.15, 0.2) is 36.4 Å². The van der Waals surface area contributed by atoms with Gasteiger partial charge in [0.25, 0.3) is 0 Å². The molecule has 0 amide bonds. The van der Waals surface area contributed by atoms with Gasteiger partial charge in [0.15, 0.2) is 12.6 Å². The standard InChI is InChI=1S/C27H38O15/c1-27(37,10-17(29)30)11-18(31)39-13-16-24(42-26-22(35)20(33)19(32)15(12-28)40-26)21(34)23(36)25(41-16)38-9-5-8-14-6-3-2-4-7-14/h2-8,15-16,19-26,28,32-37H,9-13H2,1H3,(H,29,30)/b8-5+. The largest absolute Gasteiger partial charge is 0.481 e. The minimum Gasteiger partial charge on any atom is -0.481 e. The van der Waals surface area contributed by atoms with Crippen LogP contribution in [-0.2, 0) is 33.3 Å². The zero-order chi connectivity index (χ0) is 31.0. The van der Waals surface area contributed by atoms with E-state index in [9.17, 15) is 45.3 Å². The average molecular weight is 603 g/mol. The molecule has 11 atom stereocenters. The zero-order valence-corrected chi connectivity index (χ0v) is 22.8. The summed E-state index contributed by atoms with van der Waals surface area (Å²) in [7, 11) is 0. The highest BCUT2D eigenvalue weighted by molar-refractivity contribution is 5.73. The molecular weight excluding hydrogens is 564 g/mol. The molecule has 0 saturated carbocycles. The number of carbonyl (C=O) groups is 2. The number of esters is 1. The Morgan fingerprint density at radius 3 is 2.19 bits per heavy atom. The maximum Gasteiger partial charge on any atom is 0.308 e. The van der Waals surface area contributed by atoms with Crippen molar-refractivity contribution in [3.05, 3.63) is 42.0 Å². The zero-order valence-electron chi connectivity index (χ0n) is 22.8. The van der Waals surface area contributed by atoms with E-state index in [2.05, 4.69) is 0 Å². The van der Waals surface area contributed by atoms with Gasteiger partial charge in [-0.2, -0.15) is 0 Å². The van der Waals surface area contributed by atoms with Crippen molar-refractivity contribution in [1.82, 2.24) is 0 Å². The van der Waals surface area contributed by atoms with Crippen molar-refractivity contribution in [2.24, 2.45) is 0 Å². The molecule has 8 N–H and O–H groups in total. The van der Waals surface area contributed by atoms with Gasteiger partial charge in [0.05, 0.1) is 31.7 Å². The number of aliphatic hydroxyl groups is 7. The Kier molecular flexibility index (Phi) is 12.3. The summed E-state index contributed by atoms with van der Waals surface area (Å²) in [6.07, 6.45) is -14.3. The van der Waals surface area contributed by atoms with E-state index in [1.165, 1.54) is 0 Å². The Morgan fingerprint density at radius 1 is 0.905 bits per heavy atom. The number of carbonyl (C=O) groups excluding carboxylic acids is 1. The van der Waals surface area contributed by atoms with Crippen LogP contribution >= 0.6 is 0 Å². The van der Waals surface area contributed by atoms with E-state index in [1.807, 2.05) is 30.3 Å². The van der Waals surface area contributed by atoms with Crippen LogP contribution < -0.4 is 0 Å². The topological polar surface area (TPSA) is 242 Å². The molecule has 236 valence electrons. The number of rotatable bonds is 13. The smallest absolute Gasteiger partial charge is 0.308 e. The molecule has 3 rings (SSSR count). The van der Waals surface area contributed by atoms with Crippen LogP contribution in [0.4, 0.5) is 0 Å². The lowest BCUT2D eigenvalue weighted by Gasteiger charge is -2.46. The lowest BCUT2D eigenvalue weighted by atomic mass is 9.97. The molecule has 2 heterocycles. The molecule has 15 nitrogen and oxygen atoms in total. The SMILES string of the molecule is CC(O)(CC(=O)O)CC(=O)OCC1OC(OC/C=C/c2ccccc2)C(O)C(O)C1OC1OC(CO)C(O)C(O)C1O. The first-order chi connectivity index (χ1) is 19.8. The second kappa shape index (κ2) is 15.3. The number of hydrogen-bond acceptors (Lipinski definition) is 14. The lowest BCUT2D eigenvalue weighted by Crippen LogP contribution is -2.64. The van der Waals surface area contributed by atoms with Gasteiger partial charge in [-0.1, -0.05) is 42.5 Å². The van der Waals surface area contributed by atoms with Crippen LogP contribution in [0.3, 0.4) is 0 Å². The quantitative estimate of drug-likeness (QED) is 0.109. The molecule has 11 unspecified atom stereocenters. The maximum absolute atomic E-state index is 12.4. The first-order valence-corrected chi connectivity index (χ1v) is 13.2. The second-order valence-corrected chi connectivity index (χ2v) is 10.4. The van der Waals surface area contributed by atoms with Gasteiger partial charge in [-0.25, -0.2) is 0 Å². The fraction of sp³-hybridized carbons (Fsp3) is 0.630. The molecule has 2 aliphatic rings. The van der Waals surface area contributed by atoms with E-state index in [0.717, 1.165) is 12.5 Å².